The van der Waals surface area contributed by atoms with Crippen LogP contribution in [-0.2, 0) is 41.3 Å². The lowest BCUT2D eigenvalue weighted by Gasteiger charge is -2.03. The smallest absolute Gasteiger partial charge is 0.0484 e. The number of hydrogen-bond donors (Lipinski definition) is 0. The Morgan fingerprint density at radius 2 is 1.70 bits per heavy atom. The van der Waals surface area contributed by atoms with E-state index in [1.165, 1.54) is 12.2 Å². The molecule has 62 valence electrons. The predicted molar refractivity (Wildman–Crippen MR) is 60.0 cm³/mol. The highest BCUT2D eigenvalue weighted by atomic mass is 32.9. The first-order valence-electron chi connectivity index (χ1n) is 3.40. The minimum atomic E-state index is 0.183. The Hall–Kier alpha value is 1.14. The van der Waals surface area contributed by atoms with Crippen molar-refractivity contribution in [3.8, 4) is 0 Å². The summed E-state index contributed by atoms with van der Waals surface area (Å²) in [6.45, 7) is 4.33. The van der Waals surface area contributed by atoms with Crippen molar-refractivity contribution < 1.29 is 0 Å². The van der Waals surface area contributed by atoms with Crippen molar-refractivity contribution in [2.75, 3.05) is 16.6 Å². The van der Waals surface area contributed by atoms with Crippen molar-refractivity contribution in [2.45, 2.75) is 20.3 Å². The van der Waals surface area contributed by atoms with E-state index in [4.69, 9.17) is 22.4 Å². The van der Waals surface area contributed by atoms with Gasteiger partial charge in [0.05, 0.1) is 0 Å². The van der Waals surface area contributed by atoms with Crippen LogP contribution in [0.3, 0.4) is 0 Å². The SMILES string of the molecule is CCCS(=S)CS(=S)CC. The van der Waals surface area contributed by atoms with Crippen molar-refractivity contribution in [1.82, 2.24) is 0 Å². The van der Waals surface area contributed by atoms with Gasteiger partial charge in [-0.25, -0.2) is 0 Å². The fraction of sp³-hybridized carbons (Fsp3) is 1.00. The van der Waals surface area contributed by atoms with Gasteiger partial charge in [-0.15, -0.1) is 18.9 Å². The van der Waals surface area contributed by atoms with Gasteiger partial charge in [0.2, 0.25) is 0 Å². The van der Waals surface area contributed by atoms with Crippen molar-refractivity contribution in [1.29, 1.82) is 0 Å². The Kier molecular flexibility index (Phi) is 7.60. The van der Waals surface area contributed by atoms with E-state index in [0.29, 0.717) is 0 Å². The zero-order chi connectivity index (χ0) is 7.98. The molecule has 0 aliphatic carbocycles. The molecular weight excluding hydrogens is 200 g/mol. The van der Waals surface area contributed by atoms with Crippen LogP contribution < -0.4 is 0 Å². The number of hydrogen-bond acceptors (Lipinski definition) is 2. The highest BCUT2D eigenvalue weighted by Gasteiger charge is 1.95. The maximum Gasteiger partial charge on any atom is 0.0484 e. The van der Waals surface area contributed by atoms with Crippen molar-refractivity contribution in [3.05, 3.63) is 0 Å². The Morgan fingerprint density at radius 3 is 2.10 bits per heavy atom. The minimum absolute atomic E-state index is 0.183. The average molecular weight is 214 g/mol. The van der Waals surface area contributed by atoms with Gasteiger partial charge < -0.3 is 0 Å². The molecule has 0 saturated carbocycles. The van der Waals surface area contributed by atoms with Gasteiger partial charge in [-0.05, 0) is 17.9 Å². The molecule has 4 heteroatoms. The Labute approximate surface area is 78.0 Å². The third-order valence-corrected chi connectivity index (χ3v) is 7.57. The van der Waals surface area contributed by atoms with Gasteiger partial charge in [-0.1, -0.05) is 36.2 Å². The second-order valence-electron chi connectivity index (χ2n) is 1.99. The summed E-state index contributed by atoms with van der Waals surface area (Å²) in [6.07, 6.45) is 1.21. The standard InChI is InChI=1S/C6H14S4/c1-3-5-10(8)6-9(7)4-2/h3-6H2,1-2H3. The van der Waals surface area contributed by atoms with Crippen molar-refractivity contribution in [2.24, 2.45) is 0 Å². The van der Waals surface area contributed by atoms with Gasteiger partial charge in [0.15, 0.2) is 0 Å². The Bertz CT molecular complexity index is 130. The van der Waals surface area contributed by atoms with E-state index in [2.05, 4.69) is 13.8 Å². The summed E-state index contributed by atoms with van der Waals surface area (Å²) >= 11 is 10.4. The summed E-state index contributed by atoms with van der Waals surface area (Å²) in [5.41, 5.74) is 0. The van der Waals surface area contributed by atoms with E-state index < -0.39 is 0 Å². The molecule has 0 fully saturated rings. The van der Waals surface area contributed by atoms with Crippen LogP contribution in [0.2, 0.25) is 0 Å². The number of rotatable bonds is 5. The molecule has 0 aliphatic rings. The van der Waals surface area contributed by atoms with Crippen LogP contribution in [0.15, 0.2) is 0 Å². The molecule has 0 aliphatic heterocycles. The molecule has 0 N–H and O–H groups in total. The molecular formula is C6H14S4. The van der Waals surface area contributed by atoms with E-state index in [1.54, 1.807) is 0 Å². The summed E-state index contributed by atoms with van der Waals surface area (Å²) in [6, 6.07) is 0. The molecule has 2 unspecified atom stereocenters. The molecule has 2 atom stereocenters. The van der Waals surface area contributed by atoms with E-state index in [9.17, 15) is 0 Å². The quantitative estimate of drug-likeness (QED) is 0.681. The molecule has 0 aromatic heterocycles. The lowest BCUT2D eigenvalue weighted by molar-refractivity contribution is 1.11. The average Bonchev–Trinajstić information content (AvgIpc) is 1.88. The van der Waals surface area contributed by atoms with Crippen LogP contribution in [0.25, 0.3) is 0 Å². The largest absolute Gasteiger partial charge is 0.111 e. The molecule has 0 nitrogen and oxygen atoms in total. The topological polar surface area (TPSA) is 0 Å². The van der Waals surface area contributed by atoms with Gasteiger partial charge in [0.1, 0.15) is 0 Å². The van der Waals surface area contributed by atoms with Crippen LogP contribution >= 0.6 is 0 Å². The fourth-order valence-corrected chi connectivity index (χ4v) is 6.42. The monoisotopic (exact) mass is 214 g/mol. The molecule has 0 radical (unpaired) electrons. The van der Waals surface area contributed by atoms with Crippen LogP contribution in [0, 0.1) is 0 Å². The van der Waals surface area contributed by atoms with Crippen molar-refractivity contribution >= 4 is 41.3 Å². The van der Waals surface area contributed by atoms with E-state index in [1.807, 2.05) is 0 Å². The lowest BCUT2D eigenvalue weighted by atomic mass is 10.6. The molecule has 10 heavy (non-hydrogen) atoms. The second-order valence-corrected chi connectivity index (χ2v) is 8.51. The van der Waals surface area contributed by atoms with Gasteiger partial charge in [-0.2, -0.15) is 0 Å². The highest BCUT2D eigenvalue weighted by Crippen LogP contribution is 1.92. The third kappa shape index (κ3) is 5.89. The highest BCUT2D eigenvalue weighted by molar-refractivity contribution is 8.39. The van der Waals surface area contributed by atoms with Gasteiger partial charge in [0, 0.05) is 5.08 Å². The first-order valence-corrected chi connectivity index (χ1v) is 8.38. The molecule has 0 heterocycles. The third-order valence-electron chi connectivity index (χ3n) is 1.02. The molecule has 0 aromatic rings. The zero-order valence-electron chi connectivity index (χ0n) is 6.46. The zero-order valence-corrected chi connectivity index (χ0v) is 9.73. The molecule has 0 bridgehead atoms. The maximum absolute atomic E-state index is 5.25. The van der Waals surface area contributed by atoms with Crippen LogP contribution in [0.4, 0.5) is 0 Å². The summed E-state index contributed by atoms with van der Waals surface area (Å²) in [4.78, 5) is 0. The Balaban J connectivity index is 3.47. The lowest BCUT2D eigenvalue weighted by Crippen LogP contribution is -2.06. The van der Waals surface area contributed by atoms with Crippen LogP contribution in [0.5, 0.6) is 0 Å². The molecule has 0 aromatic carbocycles. The minimum Gasteiger partial charge on any atom is -0.111 e. The summed E-state index contributed by atoms with van der Waals surface area (Å²) in [7, 11) is 0.374. The van der Waals surface area contributed by atoms with Crippen molar-refractivity contribution in [3.63, 3.8) is 0 Å². The van der Waals surface area contributed by atoms with Gasteiger partial charge in [0.25, 0.3) is 0 Å². The molecule has 0 rings (SSSR count). The predicted octanol–water partition coefficient (Wildman–Crippen LogP) is 1.53. The van der Waals surface area contributed by atoms with E-state index in [-0.39, 0.29) is 18.9 Å². The molecule has 0 saturated heterocycles. The fourth-order valence-electron chi connectivity index (χ4n) is 0.517. The van der Waals surface area contributed by atoms with E-state index in [0.717, 1.165) is 10.8 Å². The summed E-state index contributed by atoms with van der Waals surface area (Å²) in [5, 5.41) is 1.11. The van der Waals surface area contributed by atoms with Gasteiger partial charge in [-0.3, -0.25) is 0 Å². The molecule has 0 amide bonds. The first kappa shape index (κ1) is 11.1. The normalized spacial score (nSPS) is 16.6. The first-order chi connectivity index (χ1) is 4.70. The summed E-state index contributed by atoms with van der Waals surface area (Å²) < 4.78 is 0. The van der Waals surface area contributed by atoms with Crippen LogP contribution in [-0.4, -0.2) is 16.6 Å². The van der Waals surface area contributed by atoms with E-state index >= 15 is 0 Å². The Morgan fingerprint density at radius 1 is 1.10 bits per heavy atom. The second kappa shape index (κ2) is 6.83. The van der Waals surface area contributed by atoms with Gasteiger partial charge >= 0.3 is 0 Å². The summed E-state index contributed by atoms with van der Waals surface area (Å²) in [5.74, 6) is 2.31. The maximum atomic E-state index is 5.25. The van der Waals surface area contributed by atoms with Crippen LogP contribution in [0.1, 0.15) is 20.3 Å². The molecule has 0 spiro atoms.